The average Bonchev–Trinajstić information content (AvgIpc) is 2.94. The van der Waals surface area contributed by atoms with Crippen molar-refractivity contribution in [3.8, 4) is 0 Å². The number of hydrogen-bond acceptors (Lipinski definition) is 3. The van der Waals surface area contributed by atoms with E-state index in [0.29, 0.717) is 27.1 Å². The maximum atomic E-state index is 12.5. The first kappa shape index (κ1) is 14.8. The number of aryl methyl sites for hydroxylation is 1. The minimum Gasteiger partial charge on any atom is -0.319 e. The molecular weight excluding hydrogens is 323 g/mol. The Morgan fingerprint density at radius 2 is 2.09 bits per heavy atom. The van der Waals surface area contributed by atoms with E-state index < -0.39 is 0 Å². The Hall–Kier alpha value is -2.11. The molecule has 22 heavy (non-hydrogen) atoms. The van der Waals surface area contributed by atoms with Gasteiger partial charge in [-0.25, -0.2) is 4.98 Å². The van der Waals surface area contributed by atoms with Crippen LogP contribution < -0.4 is 5.32 Å². The first-order chi connectivity index (χ1) is 10.6. The summed E-state index contributed by atoms with van der Waals surface area (Å²) in [6, 6.07) is 4.90. The van der Waals surface area contributed by atoms with Gasteiger partial charge in [-0.3, -0.25) is 14.2 Å². The quantitative estimate of drug-likeness (QED) is 0.791. The molecule has 0 unspecified atom stereocenters. The van der Waals surface area contributed by atoms with Gasteiger partial charge in [0.2, 0.25) is 0 Å². The summed E-state index contributed by atoms with van der Waals surface area (Å²) in [7, 11) is 0. The van der Waals surface area contributed by atoms with Gasteiger partial charge in [0.05, 0.1) is 23.1 Å². The maximum Gasteiger partial charge on any atom is 0.274 e. The van der Waals surface area contributed by atoms with E-state index in [1.807, 2.05) is 6.92 Å². The monoisotopic (exact) mass is 334 g/mol. The second kappa shape index (κ2) is 5.94. The van der Waals surface area contributed by atoms with Crippen LogP contribution in [0.5, 0.6) is 0 Å². The molecule has 2 heterocycles. The zero-order valence-electron chi connectivity index (χ0n) is 11.7. The summed E-state index contributed by atoms with van der Waals surface area (Å²) >= 11 is 11.9. The molecule has 0 radical (unpaired) electrons. The average molecular weight is 335 g/mol. The van der Waals surface area contributed by atoms with Crippen molar-refractivity contribution in [1.82, 2.24) is 14.4 Å². The van der Waals surface area contributed by atoms with Crippen LogP contribution >= 0.6 is 23.2 Å². The number of carbonyl (C=O) groups is 1. The molecule has 0 fully saturated rings. The van der Waals surface area contributed by atoms with Gasteiger partial charge in [0.25, 0.3) is 5.91 Å². The fourth-order valence-electron chi connectivity index (χ4n) is 2.19. The lowest BCUT2D eigenvalue weighted by Gasteiger charge is -2.09. The summed E-state index contributed by atoms with van der Waals surface area (Å²) in [5, 5.41) is 3.67. The molecule has 1 aromatic carbocycles. The third-order valence-electron chi connectivity index (χ3n) is 3.26. The topological polar surface area (TPSA) is 59.3 Å². The lowest BCUT2D eigenvalue weighted by molar-refractivity contribution is 0.102. The molecule has 0 aliphatic carbocycles. The third-order valence-corrected chi connectivity index (χ3v) is 3.81. The van der Waals surface area contributed by atoms with Crippen LogP contribution in [0.15, 0.2) is 36.8 Å². The van der Waals surface area contributed by atoms with E-state index >= 15 is 0 Å². The number of rotatable bonds is 3. The van der Waals surface area contributed by atoms with Crippen molar-refractivity contribution in [2.24, 2.45) is 0 Å². The van der Waals surface area contributed by atoms with Crippen LogP contribution in [0.4, 0.5) is 5.69 Å². The summed E-state index contributed by atoms with van der Waals surface area (Å²) in [4.78, 5) is 20.8. The van der Waals surface area contributed by atoms with E-state index in [-0.39, 0.29) is 5.91 Å². The van der Waals surface area contributed by atoms with Gasteiger partial charge in [-0.05, 0) is 24.6 Å². The molecule has 3 rings (SSSR count). The SMILES string of the molecule is CCc1cncc2ncc(C(=O)Nc3ccc(Cl)cc3Cl)n12. The second-order valence-electron chi connectivity index (χ2n) is 4.67. The van der Waals surface area contributed by atoms with Gasteiger partial charge in [-0.2, -0.15) is 0 Å². The van der Waals surface area contributed by atoms with E-state index in [0.717, 1.165) is 12.1 Å². The van der Waals surface area contributed by atoms with Crippen LogP contribution in [0, 0.1) is 0 Å². The van der Waals surface area contributed by atoms with Crippen molar-refractivity contribution in [1.29, 1.82) is 0 Å². The van der Waals surface area contributed by atoms with Crippen molar-refractivity contribution in [2.45, 2.75) is 13.3 Å². The molecule has 0 bridgehead atoms. The Balaban J connectivity index is 1.99. The highest BCUT2D eigenvalue weighted by Crippen LogP contribution is 2.26. The predicted molar refractivity (Wildman–Crippen MR) is 86.8 cm³/mol. The first-order valence-corrected chi connectivity index (χ1v) is 7.42. The molecule has 7 heteroatoms. The predicted octanol–water partition coefficient (Wildman–Crippen LogP) is 3.85. The van der Waals surface area contributed by atoms with Gasteiger partial charge in [0.1, 0.15) is 5.69 Å². The molecule has 0 saturated carbocycles. The molecule has 0 atom stereocenters. The molecule has 0 aliphatic rings. The Morgan fingerprint density at radius 3 is 2.82 bits per heavy atom. The fraction of sp³-hybridized carbons (Fsp3) is 0.133. The van der Waals surface area contributed by atoms with Crippen molar-refractivity contribution in [3.05, 3.63) is 58.2 Å². The van der Waals surface area contributed by atoms with E-state index in [9.17, 15) is 4.79 Å². The van der Waals surface area contributed by atoms with E-state index in [2.05, 4.69) is 15.3 Å². The maximum absolute atomic E-state index is 12.5. The number of anilines is 1. The summed E-state index contributed by atoms with van der Waals surface area (Å²) < 4.78 is 1.78. The first-order valence-electron chi connectivity index (χ1n) is 6.67. The lowest BCUT2D eigenvalue weighted by Crippen LogP contribution is -2.16. The number of fused-ring (bicyclic) bond motifs is 1. The molecule has 3 aromatic rings. The highest BCUT2D eigenvalue weighted by Gasteiger charge is 2.15. The van der Waals surface area contributed by atoms with E-state index in [1.54, 1.807) is 35.0 Å². The summed E-state index contributed by atoms with van der Waals surface area (Å²) in [5.41, 5.74) is 2.47. The minimum atomic E-state index is -0.294. The summed E-state index contributed by atoms with van der Waals surface area (Å²) in [6.45, 7) is 1.99. The molecule has 1 amide bonds. The van der Waals surface area contributed by atoms with Crippen molar-refractivity contribution >= 4 is 40.4 Å². The Bertz CT molecular complexity index is 860. The smallest absolute Gasteiger partial charge is 0.274 e. The number of nitrogens with zero attached hydrogens (tertiary/aromatic N) is 3. The fourth-order valence-corrected chi connectivity index (χ4v) is 2.65. The van der Waals surface area contributed by atoms with Gasteiger partial charge in [0.15, 0.2) is 5.65 Å². The minimum absolute atomic E-state index is 0.294. The van der Waals surface area contributed by atoms with Gasteiger partial charge >= 0.3 is 0 Å². The number of halogens is 2. The Labute approximate surface area is 136 Å². The van der Waals surface area contributed by atoms with E-state index in [4.69, 9.17) is 23.2 Å². The van der Waals surface area contributed by atoms with Gasteiger partial charge in [-0.15, -0.1) is 0 Å². The summed E-state index contributed by atoms with van der Waals surface area (Å²) in [5.74, 6) is -0.294. The van der Waals surface area contributed by atoms with Crippen LogP contribution in [-0.2, 0) is 6.42 Å². The van der Waals surface area contributed by atoms with Gasteiger partial charge in [0, 0.05) is 16.9 Å². The molecular formula is C15H12Cl2N4O. The molecule has 0 spiro atoms. The van der Waals surface area contributed by atoms with Crippen molar-refractivity contribution in [3.63, 3.8) is 0 Å². The molecule has 5 nitrogen and oxygen atoms in total. The van der Waals surface area contributed by atoms with Crippen molar-refractivity contribution < 1.29 is 4.79 Å². The molecule has 112 valence electrons. The Morgan fingerprint density at radius 1 is 1.27 bits per heavy atom. The van der Waals surface area contributed by atoms with E-state index in [1.165, 1.54) is 6.20 Å². The zero-order chi connectivity index (χ0) is 15.7. The standard InChI is InChI=1S/C15H12Cl2N4O/c1-2-10-6-18-8-14-19-7-13(21(10)14)15(22)20-12-4-3-9(16)5-11(12)17/h3-8H,2H2,1H3,(H,20,22). The number of nitrogens with one attached hydrogen (secondary N) is 1. The van der Waals surface area contributed by atoms with Crippen LogP contribution in [-0.4, -0.2) is 20.3 Å². The number of imidazole rings is 1. The van der Waals surface area contributed by atoms with Crippen LogP contribution in [0.25, 0.3) is 5.65 Å². The Kier molecular flexibility index (Phi) is 4.00. The zero-order valence-corrected chi connectivity index (χ0v) is 13.2. The summed E-state index contributed by atoms with van der Waals surface area (Å²) in [6.07, 6.45) is 5.60. The molecule has 0 saturated heterocycles. The van der Waals surface area contributed by atoms with Crippen LogP contribution in [0.2, 0.25) is 10.0 Å². The number of amides is 1. The molecule has 2 aromatic heterocycles. The second-order valence-corrected chi connectivity index (χ2v) is 5.51. The van der Waals surface area contributed by atoms with Crippen LogP contribution in [0.1, 0.15) is 23.1 Å². The highest BCUT2D eigenvalue weighted by molar-refractivity contribution is 6.36. The van der Waals surface area contributed by atoms with Gasteiger partial charge in [-0.1, -0.05) is 30.1 Å². The normalized spacial score (nSPS) is 10.9. The number of carbonyl (C=O) groups excluding carboxylic acids is 1. The third kappa shape index (κ3) is 2.65. The van der Waals surface area contributed by atoms with Crippen molar-refractivity contribution in [2.75, 3.05) is 5.32 Å². The number of benzene rings is 1. The number of aromatic nitrogens is 3. The highest BCUT2D eigenvalue weighted by atomic mass is 35.5. The van der Waals surface area contributed by atoms with Gasteiger partial charge < -0.3 is 5.32 Å². The lowest BCUT2D eigenvalue weighted by atomic mass is 10.3. The largest absolute Gasteiger partial charge is 0.319 e. The number of hydrogen-bond donors (Lipinski definition) is 1. The van der Waals surface area contributed by atoms with Crippen LogP contribution in [0.3, 0.4) is 0 Å². The molecule has 0 aliphatic heterocycles. The molecule has 1 N–H and O–H groups in total.